The monoisotopic (exact) mass is 313 g/mol. The van der Waals surface area contributed by atoms with Crippen LogP contribution in [0.5, 0.6) is 5.75 Å². The van der Waals surface area contributed by atoms with Crippen molar-refractivity contribution in [2.24, 2.45) is 0 Å². The van der Waals surface area contributed by atoms with Gasteiger partial charge in [-0.15, -0.1) is 0 Å². The normalized spacial score (nSPS) is 10.4. The first kappa shape index (κ1) is 12.8. The molecule has 0 heterocycles. The second-order valence-electron chi connectivity index (χ2n) is 3.66. The molecule has 0 aromatic heterocycles. The molecule has 5 heteroatoms. The van der Waals surface area contributed by atoms with Crippen molar-refractivity contribution >= 4 is 21.6 Å². The maximum atomic E-state index is 13.5. The van der Waals surface area contributed by atoms with Gasteiger partial charge in [0.15, 0.2) is 11.6 Å². The maximum Gasteiger partial charge on any atom is 0.202 e. The fraction of sp³-hybridized carbons (Fsp3) is 0.0769. The molecule has 0 aliphatic rings. The van der Waals surface area contributed by atoms with Crippen LogP contribution in [0.3, 0.4) is 0 Å². The predicted molar refractivity (Wildman–Crippen MR) is 69.2 cm³/mol. The van der Waals surface area contributed by atoms with E-state index in [-0.39, 0.29) is 18.0 Å². The summed E-state index contributed by atoms with van der Waals surface area (Å²) in [5.74, 6) is -2.31. The van der Waals surface area contributed by atoms with E-state index >= 15 is 0 Å². The lowest BCUT2D eigenvalue weighted by atomic mass is 10.2. The number of ether oxygens (including phenoxy) is 1. The molecule has 2 rings (SSSR count). The van der Waals surface area contributed by atoms with E-state index in [2.05, 4.69) is 15.9 Å². The Hall–Kier alpha value is -1.62. The Morgan fingerprint density at radius 3 is 2.56 bits per heavy atom. The largest absolute Gasteiger partial charge is 0.483 e. The molecule has 94 valence electrons. The Morgan fingerprint density at radius 1 is 1.11 bits per heavy atom. The van der Waals surface area contributed by atoms with Crippen LogP contribution in [0, 0.1) is 11.6 Å². The number of nitrogens with two attached hydrogens (primary N) is 1. The van der Waals surface area contributed by atoms with Crippen LogP contribution in [-0.4, -0.2) is 0 Å². The zero-order valence-corrected chi connectivity index (χ0v) is 10.9. The van der Waals surface area contributed by atoms with Gasteiger partial charge in [0.25, 0.3) is 0 Å². The topological polar surface area (TPSA) is 35.2 Å². The van der Waals surface area contributed by atoms with Gasteiger partial charge in [-0.25, -0.2) is 4.39 Å². The van der Waals surface area contributed by atoms with Gasteiger partial charge in [-0.1, -0.05) is 34.1 Å². The van der Waals surface area contributed by atoms with E-state index in [0.29, 0.717) is 0 Å². The molecule has 2 aromatic rings. The van der Waals surface area contributed by atoms with Crippen molar-refractivity contribution in [3.05, 3.63) is 58.1 Å². The molecule has 0 saturated heterocycles. The van der Waals surface area contributed by atoms with E-state index in [0.717, 1.165) is 16.1 Å². The van der Waals surface area contributed by atoms with Crippen LogP contribution in [0.2, 0.25) is 0 Å². The summed E-state index contributed by atoms with van der Waals surface area (Å²) in [5, 5.41) is 0. The van der Waals surface area contributed by atoms with Gasteiger partial charge in [-0.2, -0.15) is 4.39 Å². The minimum Gasteiger partial charge on any atom is -0.483 e. The third-order valence-corrected chi connectivity index (χ3v) is 3.18. The third-order valence-electron chi connectivity index (χ3n) is 2.41. The Kier molecular flexibility index (Phi) is 3.81. The zero-order valence-electron chi connectivity index (χ0n) is 9.29. The van der Waals surface area contributed by atoms with Crippen LogP contribution >= 0.6 is 15.9 Å². The zero-order chi connectivity index (χ0) is 13.1. The van der Waals surface area contributed by atoms with E-state index in [1.165, 1.54) is 6.07 Å². The number of anilines is 1. The van der Waals surface area contributed by atoms with Crippen molar-refractivity contribution in [1.29, 1.82) is 0 Å². The molecule has 0 fully saturated rings. The van der Waals surface area contributed by atoms with Gasteiger partial charge in [-0.3, -0.25) is 0 Å². The summed E-state index contributed by atoms with van der Waals surface area (Å²) in [5.41, 5.74) is 6.44. The molecular formula is C13H10BrF2NO. The van der Waals surface area contributed by atoms with Crippen LogP contribution in [0.25, 0.3) is 0 Å². The molecule has 0 aliphatic carbocycles. The Labute approximate surface area is 112 Å². The number of hydrogen-bond acceptors (Lipinski definition) is 2. The molecule has 0 atom stereocenters. The smallest absolute Gasteiger partial charge is 0.202 e. The predicted octanol–water partition coefficient (Wildman–Crippen LogP) is 3.89. The van der Waals surface area contributed by atoms with Crippen LogP contribution in [0.4, 0.5) is 14.5 Å². The molecule has 2 N–H and O–H groups in total. The standard InChI is InChI=1S/C13H10BrF2NO/c14-9-4-2-1-3-8(9)7-18-13-11(17)6-5-10(15)12(13)16/h1-6H,7,17H2. The number of halogens is 3. The Bertz CT molecular complexity index is 575. The molecule has 18 heavy (non-hydrogen) atoms. The SMILES string of the molecule is Nc1ccc(F)c(F)c1OCc1ccccc1Br. The Balaban J connectivity index is 2.21. The Morgan fingerprint density at radius 2 is 1.83 bits per heavy atom. The summed E-state index contributed by atoms with van der Waals surface area (Å²) >= 11 is 3.34. The highest BCUT2D eigenvalue weighted by Crippen LogP contribution is 2.28. The van der Waals surface area contributed by atoms with Crippen molar-refractivity contribution in [2.75, 3.05) is 5.73 Å². The molecule has 0 aliphatic heterocycles. The number of hydrogen-bond donors (Lipinski definition) is 1. The van der Waals surface area contributed by atoms with E-state index in [4.69, 9.17) is 10.5 Å². The van der Waals surface area contributed by atoms with Gasteiger partial charge in [0, 0.05) is 10.0 Å². The van der Waals surface area contributed by atoms with Crippen molar-refractivity contribution in [1.82, 2.24) is 0 Å². The molecule has 2 nitrogen and oxygen atoms in total. The molecule has 2 aromatic carbocycles. The first-order chi connectivity index (χ1) is 8.59. The van der Waals surface area contributed by atoms with E-state index in [9.17, 15) is 8.78 Å². The number of nitrogen functional groups attached to an aromatic ring is 1. The van der Waals surface area contributed by atoms with Crippen LogP contribution in [0.15, 0.2) is 40.9 Å². The fourth-order valence-electron chi connectivity index (χ4n) is 1.46. The lowest BCUT2D eigenvalue weighted by molar-refractivity contribution is 0.286. The van der Waals surface area contributed by atoms with Gasteiger partial charge < -0.3 is 10.5 Å². The highest BCUT2D eigenvalue weighted by atomic mass is 79.9. The van der Waals surface area contributed by atoms with Crippen molar-refractivity contribution in [2.45, 2.75) is 6.61 Å². The summed E-state index contributed by atoms with van der Waals surface area (Å²) in [7, 11) is 0. The van der Waals surface area contributed by atoms with Crippen LogP contribution < -0.4 is 10.5 Å². The van der Waals surface area contributed by atoms with E-state index < -0.39 is 11.6 Å². The summed E-state index contributed by atoms with van der Waals surface area (Å²) in [6.45, 7) is 0.103. The molecule has 0 unspecified atom stereocenters. The highest BCUT2D eigenvalue weighted by molar-refractivity contribution is 9.10. The first-order valence-electron chi connectivity index (χ1n) is 5.19. The average Bonchev–Trinajstić information content (AvgIpc) is 2.36. The van der Waals surface area contributed by atoms with E-state index in [1.54, 1.807) is 0 Å². The first-order valence-corrected chi connectivity index (χ1v) is 5.98. The molecule has 0 amide bonds. The fourth-order valence-corrected chi connectivity index (χ4v) is 1.86. The highest BCUT2D eigenvalue weighted by Gasteiger charge is 2.13. The molecule has 0 saturated carbocycles. The molecule has 0 radical (unpaired) electrons. The second-order valence-corrected chi connectivity index (χ2v) is 4.51. The van der Waals surface area contributed by atoms with Crippen molar-refractivity contribution < 1.29 is 13.5 Å². The van der Waals surface area contributed by atoms with Crippen molar-refractivity contribution in [3.8, 4) is 5.75 Å². The average molecular weight is 314 g/mol. The van der Waals surface area contributed by atoms with E-state index in [1.807, 2.05) is 24.3 Å². The van der Waals surface area contributed by atoms with Gasteiger partial charge >= 0.3 is 0 Å². The molecule has 0 bridgehead atoms. The molecular weight excluding hydrogens is 304 g/mol. The lowest BCUT2D eigenvalue weighted by Gasteiger charge is -2.11. The van der Waals surface area contributed by atoms with Gasteiger partial charge in [0.1, 0.15) is 6.61 Å². The summed E-state index contributed by atoms with van der Waals surface area (Å²) < 4.78 is 32.6. The van der Waals surface area contributed by atoms with Gasteiger partial charge in [0.05, 0.1) is 5.69 Å². The number of rotatable bonds is 3. The third kappa shape index (κ3) is 2.61. The van der Waals surface area contributed by atoms with Crippen LogP contribution in [-0.2, 0) is 6.61 Å². The van der Waals surface area contributed by atoms with Gasteiger partial charge in [0.2, 0.25) is 5.82 Å². The summed E-state index contributed by atoms with van der Waals surface area (Å²) in [6.07, 6.45) is 0. The lowest BCUT2D eigenvalue weighted by Crippen LogP contribution is -2.03. The minimum absolute atomic E-state index is 0.0703. The number of benzene rings is 2. The summed E-state index contributed by atoms with van der Waals surface area (Å²) in [6, 6.07) is 9.57. The minimum atomic E-state index is -1.07. The second kappa shape index (κ2) is 5.35. The van der Waals surface area contributed by atoms with Crippen LogP contribution in [0.1, 0.15) is 5.56 Å². The summed E-state index contributed by atoms with van der Waals surface area (Å²) in [4.78, 5) is 0. The van der Waals surface area contributed by atoms with Crippen molar-refractivity contribution in [3.63, 3.8) is 0 Å². The molecule has 0 spiro atoms. The van der Waals surface area contributed by atoms with Gasteiger partial charge in [-0.05, 0) is 18.2 Å². The maximum absolute atomic E-state index is 13.5. The quantitative estimate of drug-likeness (QED) is 0.873.